The van der Waals surface area contributed by atoms with Crippen LogP contribution in [0.1, 0.15) is 26.3 Å². The van der Waals surface area contributed by atoms with E-state index in [0.717, 1.165) is 11.3 Å². The largest absolute Gasteiger partial charge is 0.488 e. The normalized spacial score (nSPS) is 19.0. The highest BCUT2D eigenvalue weighted by Crippen LogP contribution is 2.19. The SMILES string of the molecule is CC(C)(C)Oc1ccc(CC2NC(=O)OC2=O)cc1. The van der Waals surface area contributed by atoms with Crippen molar-refractivity contribution in [3.05, 3.63) is 29.8 Å². The van der Waals surface area contributed by atoms with E-state index in [2.05, 4.69) is 10.1 Å². The van der Waals surface area contributed by atoms with E-state index in [1.807, 2.05) is 45.0 Å². The Kier molecular flexibility index (Phi) is 3.46. The second kappa shape index (κ2) is 4.91. The molecule has 5 heteroatoms. The van der Waals surface area contributed by atoms with Crippen LogP contribution in [0.4, 0.5) is 4.79 Å². The Morgan fingerprint density at radius 2 is 1.84 bits per heavy atom. The fourth-order valence-corrected chi connectivity index (χ4v) is 1.81. The summed E-state index contributed by atoms with van der Waals surface area (Å²) in [4.78, 5) is 22.2. The summed E-state index contributed by atoms with van der Waals surface area (Å²) in [5.41, 5.74) is 0.690. The molecule has 0 aromatic heterocycles. The molecule has 1 atom stereocenters. The Labute approximate surface area is 111 Å². The van der Waals surface area contributed by atoms with Gasteiger partial charge in [-0.2, -0.15) is 0 Å². The van der Waals surface area contributed by atoms with Crippen molar-refractivity contribution in [2.24, 2.45) is 0 Å². The average molecular weight is 263 g/mol. The minimum absolute atomic E-state index is 0.245. The predicted molar refractivity (Wildman–Crippen MR) is 68.9 cm³/mol. The third-order valence-corrected chi connectivity index (χ3v) is 2.56. The number of rotatable bonds is 3. The number of benzene rings is 1. The van der Waals surface area contributed by atoms with Crippen molar-refractivity contribution in [3.8, 4) is 5.75 Å². The zero-order valence-corrected chi connectivity index (χ0v) is 11.2. The van der Waals surface area contributed by atoms with Crippen LogP contribution >= 0.6 is 0 Å². The van der Waals surface area contributed by atoms with Crippen molar-refractivity contribution in [3.63, 3.8) is 0 Å². The average Bonchev–Trinajstić information content (AvgIpc) is 2.58. The van der Waals surface area contributed by atoms with E-state index in [4.69, 9.17) is 4.74 Å². The van der Waals surface area contributed by atoms with Crippen molar-refractivity contribution in [1.29, 1.82) is 0 Å². The first-order valence-corrected chi connectivity index (χ1v) is 6.14. The van der Waals surface area contributed by atoms with E-state index in [-0.39, 0.29) is 5.60 Å². The molecule has 1 N–H and O–H groups in total. The molecule has 102 valence electrons. The summed E-state index contributed by atoms with van der Waals surface area (Å²) >= 11 is 0. The third-order valence-electron chi connectivity index (χ3n) is 2.56. The Morgan fingerprint density at radius 3 is 2.32 bits per heavy atom. The van der Waals surface area contributed by atoms with Gasteiger partial charge in [-0.1, -0.05) is 12.1 Å². The molecule has 1 aliphatic rings. The molecule has 0 spiro atoms. The first kappa shape index (κ1) is 13.4. The standard InChI is InChI=1S/C14H17NO4/c1-14(2,3)19-10-6-4-9(5-7-10)8-11-12(16)18-13(17)15-11/h4-7,11H,8H2,1-3H3,(H,15,17). The number of hydrogen-bond donors (Lipinski definition) is 1. The smallest absolute Gasteiger partial charge is 0.415 e. The monoisotopic (exact) mass is 263 g/mol. The fourth-order valence-electron chi connectivity index (χ4n) is 1.81. The van der Waals surface area contributed by atoms with Gasteiger partial charge < -0.3 is 14.8 Å². The molecular formula is C14H17NO4. The van der Waals surface area contributed by atoms with E-state index in [1.54, 1.807) is 0 Å². The van der Waals surface area contributed by atoms with Gasteiger partial charge in [0.1, 0.15) is 17.4 Å². The molecule has 1 fully saturated rings. The lowest BCUT2D eigenvalue weighted by atomic mass is 10.1. The highest BCUT2D eigenvalue weighted by molar-refractivity contribution is 5.95. The van der Waals surface area contributed by atoms with Gasteiger partial charge in [0.15, 0.2) is 0 Å². The minimum Gasteiger partial charge on any atom is -0.488 e. The van der Waals surface area contributed by atoms with Gasteiger partial charge in [-0.15, -0.1) is 0 Å². The lowest BCUT2D eigenvalue weighted by Crippen LogP contribution is -2.30. The van der Waals surface area contributed by atoms with E-state index in [1.165, 1.54) is 0 Å². The molecule has 1 aliphatic heterocycles. The van der Waals surface area contributed by atoms with Crippen molar-refractivity contribution in [1.82, 2.24) is 5.32 Å². The van der Waals surface area contributed by atoms with E-state index in [0.29, 0.717) is 6.42 Å². The number of carbonyl (C=O) groups excluding carboxylic acids is 2. The van der Waals surface area contributed by atoms with Crippen LogP contribution < -0.4 is 10.1 Å². The molecule has 5 nitrogen and oxygen atoms in total. The minimum atomic E-state index is -0.678. The van der Waals surface area contributed by atoms with Gasteiger partial charge in [-0.3, -0.25) is 0 Å². The molecule has 0 saturated carbocycles. The van der Waals surface area contributed by atoms with Crippen LogP contribution in [0.2, 0.25) is 0 Å². The summed E-state index contributed by atoms with van der Waals surface area (Å²) in [6.45, 7) is 5.93. The van der Waals surface area contributed by atoms with Crippen LogP contribution in [0.3, 0.4) is 0 Å². The summed E-state index contributed by atoms with van der Waals surface area (Å²) in [5.74, 6) is 0.245. The van der Waals surface area contributed by atoms with E-state index < -0.39 is 18.1 Å². The predicted octanol–water partition coefficient (Wildman–Crippen LogP) is 2.04. The van der Waals surface area contributed by atoms with Crippen molar-refractivity contribution >= 4 is 12.1 Å². The summed E-state index contributed by atoms with van der Waals surface area (Å²) in [6, 6.07) is 6.85. The van der Waals surface area contributed by atoms with E-state index >= 15 is 0 Å². The van der Waals surface area contributed by atoms with Gasteiger partial charge in [0.25, 0.3) is 0 Å². The number of nitrogens with one attached hydrogen (secondary N) is 1. The zero-order chi connectivity index (χ0) is 14.0. The van der Waals surface area contributed by atoms with Crippen LogP contribution in [0.5, 0.6) is 5.75 Å². The molecule has 1 amide bonds. The van der Waals surface area contributed by atoms with E-state index in [9.17, 15) is 9.59 Å². The highest BCUT2D eigenvalue weighted by Gasteiger charge is 2.32. The van der Waals surface area contributed by atoms with Gasteiger partial charge in [0.2, 0.25) is 0 Å². The van der Waals surface area contributed by atoms with Crippen LogP contribution in [0, 0.1) is 0 Å². The quantitative estimate of drug-likeness (QED) is 0.669. The molecule has 1 aromatic rings. The number of ether oxygens (including phenoxy) is 2. The number of hydrogen-bond acceptors (Lipinski definition) is 4. The number of alkyl carbamates (subject to hydrolysis) is 1. The topological polar surface area (TPSA) is 64.6 Å². The molecular weight excluding hydrogens is 246 g/mol. The molecule has 0 aliphatic carbocycles. The molecule has 0 bridgehead atoms. The summed E-state index contributed by atoms with van der Waals surface area (Å²) in [5, 5.41) is 2.46. The summed E-state index contributed by atoms with van der Waals surface area (Å²) in [7, 11) is 0. The van der Waals surface area contributed by atoms with Crippen LogP contribution in [-0.4, -0.2) is 23.7 Å². The van der Waals surface area contributed by atoms with Gasteiger partial charge in [-0.25, -0.2) is 9.59 Å². The van der Waals surface area contributed by atoms with Crippen molar-refractivity contribution in [2.45, 2.75) is 38.8 Å². The highest BCUT2D eigenvalue weighted by atomic mass is 16.6. The molecule has 19 heavy (non-hydrogen) atoms. The first-order valence-electron chi connectivity index (χ1n) is 6.14. The molecule has 2 rings (SSSR count). The number of amides is 1. The Hall–Kier alpha value is -2.04. The van der Waals surface area contributed by atoms with Crippen LogP contribution in [0.25, 0.3) is 0 Å². The van der Waals surface area contributed by atoms with Gasteiger partial charge in [0.05, 0.1) is 0 Å². The maximum Gasteiger partial charge on any atom is 0.415 e. The third kappa shape index (κ3) is 3.71. The Balaban J connectivity index is 1.99. The molecule has 1 saturated heterocycles. The van der Waals surface area contributed by atoms with Gasteiger partial charge in [0, 0.05) is 6.42 Å². The maximum absolute atomic E-state index is 11.3. The first-order chi connectivity index (χ1) is 8.83. The van der Waals surface area contributed by atoms with Crippen LogP contribution in [-0.2, 0) is 16.0 Å². The molecule has 0 radical (unpaired) electrons. The fraction of sp³-hybridized carbons (Fsp3) is 0.429. The number of carbonyl (C=O) groups is 2. The molecule has 1 aromatic carbocycles. The Morgan fingerprint density at radius 1 is 1.21 bits per heavy atom. The summed E-state index contributed by atoms with van der Waals surface area (Å²) in [6.07, 6.45) is -0.261. The second-order valence-electron chi connectivity index (χ2n) is 5.47. The number of cyclic esters (lactones) is 2. The maximum atomic E-state index is 11.3. The van der Waals surface area contributed by atoms with Gasteiger partial charge >= 0.3 is 12.1 Å². The van der Waals surface area contributed by atoms with Crippen molar-refractivity contribution < 1.29 is 19.1 Å². The number of esters is 1. The van der Waals surface area contributed by atoms with Gasteiger partial charge in [-0.05, 0) is 38.5 Å². The van der Waals surface area contributed by atoms with Crippen molar-refractivity contribution in [2.75, 3.05) is 0 Å². The lowest BCUT2D eigenvalue weighted by Gasteiger charge is -2.21. The second-order valence-corrected chi connectivity index (χ2v) is 5.47. The lowest BCUT2D eigenvalue weighted by molar-refractivity contribution is -0.135. The molecule has 1 heterocycles. The zero-order valence-electron chi connectivity index (χ0n) is 11.2. The summed E-state index contributed by atoms with van der Waals surface area (Å²) < 4.78 is 10.1. The molecule has 1 unspecified atom stereocenters. The van der Waals surface area contributed by atoms with Crippen LogP contribution in [0.15, 0.2) is 24.3 Å². The Bertz CT molecular complexity index is 487.